The lowest BCUT2D eigenvalue weighted by molar-refractivity contribution is -0.117. The summed E-state index contributed by atoms with van der Waals surface area (Å²) >= 11 is 0. The molecule has 2 N–H and O–H groups in total. The molecule has 0 aliphatic carbocycles. The lowest BCUT2D eigenvalue weighted by Gasteiger charge is -2.19. The van der Waals surface area contributed by atoms with E-state index in [0.717, 1.165) is 16.9 Å². The van der Waals surface area contributed by atoms with E-state index in [0.29, 0.717) is 13.0 Å². The first kappa shape index (κ1) is 11.9. The first-order valence-corrected chi connectivity index (χ1v) is 5.72. The van der Waals surface area contributed by atoms with Crippen molar-refractivity contribution < 1.29 is 9.90 Å². The Bertz CT molecular complexity index is 449. The molecule has 17 heavy (non-hydrogen) atoms. The van der Waals surface area contributed by atoms with Gasteiger partial charge in [-0.15, -0.1) is 0 Å². The molecule has 0 fully saturated rings. The first-order valence-electron chi connectivity index (χ1n) is 5.72. The van der Waals surface area contributed by atoms with Gasteiger partial charge < -0.3 is 15.3 Å². The molecule has 0 spiro atoms. The summed E-state index contributed by atoms with van der Waals surface area (Å²) in [6.07, 6.45) is 0.462. The van der Waals surface area contributed by atoms with Gasteiger partial charge in [0, 0.05) is 25.0 Å². The van der Waals surface area contributed by atoms with E-state index in [2.05, 4.69) is 5.32 Å². The summed E-state index contributed by atoms with van der Waals surface area (Å²) in [4.78, 5) is 13.2. The fourth-order valence-electron chi connectivity index (χ4n) is 1.90. The van der Waals surface area contributed by atoms with Crippen LogP contribution < -0.4 is 10.2 Å². The van der Waals surface area contributed by atoms with Crippen molar-refractivity contribution in [2.75, 3.05) is 23.8 Å². The number of fused-ring (bicyclic) bond motifs is 1. The smallest absolute Gasteiger partial charge is 0.231 e. The van der Waals surface area contributed by atoms with Gasteiger partial charge in [-0.2, -0.15) is 0 Å². The summed E-state index contributed by atoms with van der Waals surface area (Å²) in [6, 6.07) is 5.84. The number of hydrogen-bond acceptors (Lipinski definition) is 3. The van der Waals surface area contributed by atoms with Crippen LogP contribution in [0.4, 0.5) is 11.4 Å². The molecular weight excluding hydrogens is 216 g/mol. The molecule has 92 valence electrons. The highest BCUT2D eigenvalue weighted by Gasteiger charge is 2.24. The molecule has 0 bridgehead atoms. The second-order valence-electron chi connectivity index (χ2n) is 5.14. The highest BCUT2D eigenvalue weighted by Crippen LogP contribution is 2.30. The predicted octanol–water partition coefficient (Wildman–Crippen LogP) is 1.39. The van der Waals surface area contributed by atoms with Crippen molar-refractivity contribution in [1.82, 2.24) is 0 Å². The summed E-state index contributed by atoms with van der Waals surface area (Å²) in [5.74, 6) is 0.125. The van der Waals surface area contributed by atoms with Crippen molar-refractivity contribution in [2.45, 2.75) is 25.9 Å². The van der Waals surface area contributed by atoms with Gasteiger partial charge in [0.2, 0.25) is 5.91 Å². The zero-order chi connectivity index (χ0) is 12.6. The number of likely N-dealkylation sites (N-methyl/N-ethyl adjacent to an activating group) is 1. The quantitative estimate of drug-likeness (QED) is 0.831. The Morgan fingerprint density at radius 3 is 2.82 bits per heavy atom. The molecule has 0 radical (unpaired) electrons. The molecule has 0 unspecified atom stereocenters. The van der Waals surface area contributed by atoms with Crippen molar-refractivity contribution in [3.63, 3.8) is 0 Å². The number of anilines is 2. The summed E-state index contributed by atoms with van der Waals surface area (Å²) in [6.45, 7) is 3.99. The Kier molecular flexibility index (Phi) is 2.83. The van der Waals surface area contributed by atoms with Crippen molar-refractivity contribution in [1.29, 1.82) is 0 Å². The molecule has 0 aromatic heterocycles. The van der Waals surface area contributed by atoms with Gasteiger partial charge in [-0.05, 0) is 37.6 Å². The monoisotopic (exact) mass is 234 g/mol. The Labute approximate surface area is 101 Å². The standard InChI is InChI=1S/C13H18N2O2/c1-13(2,17)8-14-10-4-5-11-9(6-10)7-12(16)15(11)3/h4-6,14,17H,7-8H2,1-3H3. The molecule has 1 amide bonds. The Morgan fingerprint density at radius 2 is 2.18 bits per heavy atom. The van der Waals surface area contributed by atoms with Gasteiger partial charge in [0.1, 0.15) is 0 Å². The van der Waals surface area contributed by atoms with E-state index in [1.165, 1.54) is 0 Å². The summed E-state index contributed by atoms with van der Waals surface area (Å²) in [5.41, 5.74) is 2.21. The summed E-state index contributed by atoms with van der Waals surface area (Å²) in [7, 11) is 1.79. The predicted molar refractivity (Wildman–Crippen MR) is 68.3 cm³/mol. The van der Waals surface area contributed by atoms with E-state index >= 15 is 0 Å². The maximum absolute atomic E-state index is 11.5. The Hall–Kier alpha value is -1.55. The maximum Gasteiger partial charge on any atom is 0.231 e. The van der Waals surface area contributed by atoms with E-state index in [-0.39, 0.29) is 5.91 Å². The van der Waals surface area contributed by atoms with Gasteiger partial charge in [-0.25, -0.2) is 0 Å². The van der Waals surface area contributed by atoms with Crippen LogP contribution in [0.5, 0.6) is 0 Å². The number of rotatable bonds is 3. The maximum atomic E-state index is 11.5. The number of hydrogen-bond donors (Lipinski definition) is 2. The lowest BCUT2D eigenvalue weighted by atomic mass is 10.1. The van der Waals surface area contributed by atoms with Crippen LogP contribution in [0.3, 0.4) is 0 Å². The van der Waals surface area contributed by atoms with E-state index < -0.39 is 5.60 Å². The number of benzene rings is 1. The second-order valence-corrected chi connectivity index (χ2v) is 5.14. The number of nitrogens with zero attached hydrogens (tertiary/aromatic N) is 1. The molecular formula is C13H18N2O2. The van der Waals surface area contributed by atoms with Crippen LogP contribution in [0.1, 0.15) is 19.4 Å². The van der Waals surface area contributed by atoms with Gasteiger partial charge in [-0.1, -0.05) is 0 Å². The SMILES string of the molecule is CN1C(=O)Cc2cc(NCC(C)(C)O)ccc21. The highest BCUT2D eigenvalue weighted by molar-refractivity contribution is 6.01. The highest BCUT2D eigenvalue weighted by atomic mass is 16.3. The molecule has 1 aliphatic heterocycles. The average molecular weight is 234 g/mol. The fourth-order valence-corrected chi connectivity index (χ4v) is 1.90. The minimum atomic E-state index is -0.744. The van der Waals surface area contributed by atoms with E-state index in [1.54, 1.807) is 25.8 Å². The van der Waals surface area contributed by atoms with Crippen LogP contribution in [-0.4, -0.2) is 30.2 Å². The molecule has 2 rings (SSSR count). The summed E-state index contributed by atoms with van der Waals surface area (Å²) in [5, 5.41) is 12.8. The molecule has 0 atom stereocenters. The van der Waals surface area contributed by atoms with Crippen LogP contribution in [-0.2, 0) is 11.2 Å². The second kappa shape index (κ2) is 4.04. The van der Waals surface area contributed by atoms with Crippen molar-refractivity contribution in [2.24, 2.45) is 0 Å². The Morgan fingerprint density at radius 1 is 1.47 bits per heavy atom. The molecule has 0 saturated heterocycles. The van der Waals surface area contributed by atoms with Gasteiger partial charge in [0.15, 0.2) is 0 Å². The van der Waals surface area contributed by atoms with Crippen LogP contribution in [0.15, 0.2) is 18.2 Å². The first-order chi connectivity index (χ1) is 7.87. The third kappa shape index (κ3) is 2.58. The fraction of sp³-hybridized carbons (Fsp3) is 0.462. The molecule has 4 nitrogen and oxygen atoms in total. The zero-order valence-corrected chi connectivity index (χ0v) is 10.4. The third-order valence-electron chi connectivity index (χ3n) is 2.88. The van der Waals surface area contributed by atoms with Gasteiger partial charge in [-0.3, -0.25) is 4.79 Å². The number of nitrogens with one attached hydrogen (secondary N) is 1. The van der Waals surface area contributed by atoms with Gasteiger partial charge in [0.25, 0.3) is 0 Å². The van der Waals surface area contributed by atoms with Crippen LogP contribution in [0, 0.1) is 0 Å². The molecule has 1 heterocycles. The molecule has 1 aromatic rings. The summed E-state index contributed by atoms with van der Waals surface area (Å²) < 4.78 is 0. The average Bonchev–Trinajstić information content (AvgIpc) is 2.51. The topological polar surface area (TPSA) is 52.6 Å². The normalized spacial score (nSPS) is 15.1. The number of carbonyl (C=O) groups excluding carboxylic acids is 1. The molecule has 1 aromatic carbocycles. The number of aliphatic hydroxyl groups is 1. The molecule has 0 saturated carbocycles. The Balaban J connectivity index is 2.14. The van der Waals surface area contributed by atoms with Crippen molar-refractivity contribution in [3.05, 3.63) is 23.8 Å². The minimum absolute atomic E-state index is 0.125. The minimum Gasteiger partial charge on any atom is -0.389 e. The molecule has 1 aliphatic rings. The van der Waals surface area contributed by atoms with Crippen molar-refractivity contribution in [3.8, 4) is 0 Å². The largest absolute Gasteiger partial charge is 0.389 e. The lowest BCUT2D eigenvalue weighted by Crippen LogP contribution is -2.29. The van der Waals surface area contributed by atoms with Crippen LogP contribution >= 0.6 is 0 Å². The van der Waals surface area contributed by atoms with Gasteiger partial charge in [0.05, 0.1) is 12.0 Å². The van der Waals surface area contributed by atoms with Crippen LogP contribution in [0.25, 0.3) is 0 Å². The van der Waals surface area contributed by atoms with Gasteiger partial charge >= 0.3 is 0 Å². The van der Waals surface area contributed by atoms with E-state index in [9.17, 15) is 9.90 Å². The van der Waals surface area contributed by atoms with E-state index in [1.807, 2.05) is 18.2 Å². The number of carbonyl (C=O) groups is 1. The number of amides is 1. The van der Waals surface area contributed by atoms with E-state index in [4.69, 9.17) is 0 Å². The zero-order valence-electron chi connectivity index (χ0n) is 10.4. The molecule has 4 heteroatoms. The third-order valence-corrected chi connectivity index (χ3v) is 2.88. The van der Waals surface area contributed by atoms with Crippen molar-refractivity contribution >= 4 is 17.3 Å². The van der Waals surface area contributed by atoms with Crippen LogP contribution in [0.2, 0.25) is 0 Å².